The first-order valence-electron chi connectivity index (χ1n) is 5.68. The van der Waals surface area contributed by atoms with E-state index in [1.165, 1.54) is 12.1 Å². The first-order valence-corrected chi connectivity index (χ1v) is 6.81. The van der Waals surface area contributed by atoms with Crippen LogP contribution in [0.2, 0.25) is 15.1 Å². The third-order valence-electron chi connectivity index (χ3n) is 2.69. The maximum atomic E-state index is 11.0. The fraction of sp³-hybridized carbons (Fsp3) is 0.0714. The van der Waals surface area contributed by atoms with Gasteiger partial charge in [-0.2, -0.15) is 0 Å². The number of hydrogen-bond donors (Lipinski definition) is 2. The van der Waals surface area contributed by atoms with E-state index < -0.39 is 5.97 Å². The second-order valence-electron chi connectivity index (χ2n) is 4.09. The van der Waals surface area contributed by atoms with Gasteiger partial charge in [0.2, 0.25) is 0 Å². The van der Waals surface area contributed by atoms with Crippen molar-refractivity contribution in [3.05, 3.63) is 62.6 Å². The first kappa shape index (κ1) is 15.0. The normalized spacial score (nSPS) is 10.3. The third-order valence-corrected chi connectivity index (χ3v) is 3.62. The highest BCUT2D eigenvalue weighted by molar-refractivity contribution is 6.34. The molecule has 0 saturated carbocycles. The van der Waals surface area contributed by atoms with Crippen LogP contribution < -0.4 is 5.32 Å². The fourth-order valence-corrected chi connectivity index (χ4v) is 2.25. The molecule has 0 amide bonds. The highest BCUT2D eigenvalue weighted by atomic mass is 35.5. The van der Waals surface area contributed by atoms with Crippen LogP contribution in [0.4, 0.5) is 5.69 Å². The van der Waals surface area contributed by atoms with E-state index in [9.17, 15) is 4.79 Å². The van der Waals surface area contributed by atoms with Gasteiger partial charge in [0.25, 0.3) is 0 Å². The van der Waals surface area contributed by atoms with Crippen LogP contribution in [0.1, 0.15) is 15.9 Å². The zero-order valence-corrected chi connectivity index (χ0v) is 12.4. The lowest BCUT2D eigenvalue weighted by molar-refractivity contribution is 0.0697. The number of aromatic carboxylic acids is 1. The van der Waals surface area contributed by atoms with E-state index in [2.05, 4.69) is 5.32 Å². The van der Waals surface area contributed by atoms with Crippen molar-refractivity contribution >= 4 is 46.5 Å². The zero-order chi connectivity index (χ0) is 14.7. The average Bonchev–Trinajstić information content (AvgIpc) is 2.41. The van der Waals surface area contributed by atoms with E-state index in [-0.39, 0.29) is 10.6 Å². The molecule has 0 radical (unpaired) electrons. The Labute approximate surface area is 131 Å². The molecule has 2 aromatic carbocycles. The summed E-state index contributed by atoms with van der Waals surface area (Å²) in [5, 5.41) is 13.5. The minimum atomic E-state index is -1.07. The van der Waals surface area contributed by atoms with Gasteiger partial charge in [-0.25, -0.2) is 4.79 Å². The Kier molecular flexibility index (Phi) is 4.76. The lowest BCUT2D eigenvalue weighted by Crippen LogP contribution is -2.03. The molecule has 2 rings (SSSR count). The standard InChI is InChI=1S/C14H10Cl3NO2/c15-9-1-3-12(16)8(5-9)7-18-10-2-4-13(17)11(6-10)14(19)20/h1-6,18H,7H2,(H,19,20). The number of anilines is 1. The van der Waals surface area contributed by atoms with Crippen LogP contribution in [-0.2, 0) is 6.54 Å². The molecular formula is C14H10Cl3NO2. The summed E-state index contributed by atoms with van der Waals surface area (Å²) in [6.45, 7) is 0.431. The molecular weight excluding hydrogens is 321 g/mol. The third kappa shape index (κ3) is 3.57. The molecule has 104 valence electrons. The van der Waals surface area contributed by atoms with Gasteiger partial charge in [-0.3, -0.25) is 0 Å². The Morgan fingerprint density at radius 3 is 2.45 bits per heavy atom. The van der Waals surface area contributed by atoms with E-state index >= 15 is 0 Å². The summed E-state index contributed by atoms with van der Waals surface area (Å²) in [4.78, 5) is 11.0. The molecule has 0 unspecified atom stereocenters. The second-order valence-corrected chi connectivity index (χ2v) is 5.34. The first-order chi connectivity index (χ1) is 9.47. The Balaban J connectivity index is 2.17. The molecule has 20 heavy (non-hydrogen) atoms. The summed E-state index contributed by atoms with van der Waals surface area (Å²) in [6.07, 6.45) is 0. The van der Waals surface area contributed by atoms with E-state index in [0.717, 1.165) is 5.56 Å². The molecule has 0 aliphatic rings. The molecule has 0 bridgehead atoms. The second kappa shape index (κ2) is 6.35. The van der Waals surface area contributed by atoms with Gasteiger partial charge in [-0.15, -0.1) is 0 Å². The molecule has 0 heterocycles. The van der Waals surface area contributed by atoms with E-state index in [1.807, 2.05) is 0 Å². The van der Waals surface area contributed by atoms with Gasteiger partial charge < -0.3 is 10.4 Å². The Hall–Kier alpha value is -1.42. The smallest absolute Gasteiger partial charge is 0.337 e. The Bertz CT molecular complexity index is 659. The van der Waals surface area contributed by atoms with Crippen molar-refractivity contribution in [1.82, 2.24) is 0 Å². The van der Waals surface area contributed by atoms with E-state index in [1.54, 1.807) is 24.3 Å². The van der Waals surface area contributed by atoms with Crippen LogP contribution in [0, 0.1) is 0 Å². The van der Waals surface area contributed by atoms with Crippen LogP contribution in [0.15, 0.2) is 36.4 Å². The van der Waals surface area contributed by atoms with Gasteiger partial charge in [-0.05, 0) is 42.0 Å². The number of nitrogens with one attached hydrogen (secondary N) is 1. The molecule has 0 spiro atoms. The van der Waals surface area contributed by atoms with Crippen molar-refractivity contribution in [2.24, 2.45) is 0 Å². The molecule has 6 heteroatoms. The molecule has 3 nitrogen and oxygen atoms in total. The molecule has 0 aliphatic carbocycles. The number of hydrogen-bond acceptors (Lipinski definition) is 2. The molecule has 2 aromatic rings. The van der Waals surface area contributed by atoms with Crippen molar-refractivity contribution in [1.29, 1.82) is 0 Å². The van der Waals surface area contributed by atoms with Crippen LogP contribution in [0.25, 0.3) is 0 Å². The highest BCUT2D eigenvalue weighted by Gasteiger charge is 2.09. The van der Waals surface area contributed by atoms with Crippen molar-refractivity contribution in [2.75, 3.05) is 5.32 Å². The van der Waals surface area contributed by atoms with Gasteiger partial charge in [0.15, 0.2) is 0 Å². The summed E-state index contributed by atoms with van der Waals surface area (Å²) < 4.78 is 0. The number of benzene rings is 2. The quantitative estimate of drug-likeness (QED) is 0.833. The van der Waals surface area contributed by atoms with Gasteiger partial charge in [-0.1, -0.05) is 34.8 Å². The number of halogens is 3. The summed E-state index contributed by atoms with van der Waals surface area (Å²) >= 11 is 17.8. The zero-order valence-electron chi connectivity index (χ0n) is 10.2. The highest BCUT2D eigenvalue weighted by Crippen LogP contribution is 2.24. The van der Waals surface area contributed by atoms with E-state index in [4.69, 9.17) is 39.9 Å². The predicted octanol–water partition coefficient (Wildman–Crippen LogP) is 4.96. The summed E-state index contributed by atoms with van der Waals surface area (Å²) in [5.74, 6) is -1.07. The largest absolute Gasteiger partial charge is 0.478 e. The number of rotatable bonds is 4. The average molecular weight is 331 g/mol. The van der Waals surface area contributed by atoms with Crippen molar-refractivity contribution < 1.29 is 9.90 Å². The number of carboxylic acid groups (broad SMARTS) is 1. The molecule has 0 aromatic heterocycles. The topological polar surface area (TPSA) is 49.3 Å². The summed E-state index contributed by atoms with van der Waals surface area (Å²) in [5.41, 5.74) is 1.52. The maximum absolute atomic E-state index is 11.0. The van der Waals surface area contributed by atoms with Crippen molar-refractivity contribution in [3.8, 4) is 0 Å². The van der Waals surface area contributed by atoms with Gasteiger partial charge in [0.1, 0.15) is 0 Å². The minimum absolute atomic E-state index is 0.0499. The maximum Gasteiger partial charge on any atom is 0.337 e. The fourth-order valence-electron chi connectivity index (χ4n) is 1.68. The molecule has 0 atom stereocenters. The Morgan fingerprint density at radius 1 is 1.05 bits per heavy atom. The van der Waals surface area contributed by atoms with Gasteiger partial charge in [0.05, 0.1) is 10.6 Å². The summed E-state index contributed by atoms with van der Waals surface area (Å²) in [6, 6.07) is 9.89. The van der Waals surface area contributed by atoms with E-state index in [0.29, 0.717) is 22.3 Å². The minimum Gasteiger partial charge on any atom is -0.478 e. The molecule has 0 saturated heterocycles. The van der Waals surface area contributed by atoms with Crippen molar-refractivity contribution in [3.63, 3.8) is 0 Å². The predicted molar refractivity (Wildman–Crippen MR) is 82.2 cm³/mol. The van der Waals surface area contributed by atoms with Crippen LogP contribution >= 0.6 is 34.8 Å². The van der Waals surface area contributed by atoms with Gasteiger partial charge >= 0.3 is 5.97 Å². The monoisotopic (exact) mass is 329 g/mol. The number of carbonyl (C=O) groups is 1. The SMILES string of the molecule is O=C(O)c1cc(NCc2cc(Cl)ccc2Cl)ccc1Cl. The summed E-state index contributed by atoms with van der Waals surface area (Å²) in [7, 11) is 0. The Morgan fingerprint density at radius 2 is 1.75 bits per heavy atom. The van der Waals surface area contributed by atoms with Crippen LogP contribution in [0.3, 0.4) is 0 Å². The van der Waals surface area contributed by atoms with Crippen molar-refractivity contribution in [2.45, 2.75) is 6.54 Å². The molecule has 0 fully saturated rings. The van der Waals surface area contributed by atoms with Crippen LogP contribution in [0.5, 0.6) is 0 Å². The van der Waals surface area contributed by atoms with Gasteiger partial charge in [0, 0.05) is 22.3 Å². The molecule has 2 N–H and O–H groups in total. The number of carboxylic acids is 1. The van der Waals surface area contributed by atoms with Crippen LogP contribution in [-0.4, -0.2) is 11.1 Å². The lowest BCUT2D eigenvalue weighted by Gasteiger charge is -2.10. The lowest BCUT2D eigenvalue weighted by atomic mass is 10.2. The molecule has 0 aliphatic heterocycles.